The van der Waals surface area contributed by atoms with Crippen LogP contribution >= 0.6 is 11.6 Å². The molecule has 4 nitrogen and oxygen atoms in total. The number of hydrogen-bond acceptors (Lipinski definition) is 2. The molecule has 0 N–H and O–H groups in total. The lowest BCUT2D eigenvalue weighted by atomic mass is 10.1. The van der Waals surface area contributed by atoms with Gasteiger partial charge in [0.1, 0.15) is 0 Å². The van der Waals surface area contributed by atoms with Crippen LogP contribution in [-0.4, -0.2) is 22.2 Å². The highest BCUT2D eigenvalue weighted by Gasteiger charge is 2.26. The monoisotopic (exact) mass is 275 g/mol. The van der Waals surface area contributed by atoms with Crippen molar-refractivity contribution in [2.75, 3.05) is 11.4 Å². The second-order valence-electron chi connectivity index (χ2n) is 4.73. The normalized spacial score (nSPS) is 13.7. The van der Waals surface area contributed by atoms with Gasteiger partial charge in [0, 0.05) is 30.5 Å². The number of carbonyl (C=O) groups is 1. The van der Waals surface area contributed by atoms with Crippen LogP contribution in [-0.2, 0) is 24.7 Å². The van der Waals surface area contributed by atoms with Crippen LogP contribution in [0.1, 0.15) is 11.1 Å². The standard InChI is InChI=1S/C14H14ClN3O/c1-17-9-10(8-16-17)7-14(19)18-6-5-11-12(15)3-2-4-13(11)18/h2-4,8-9H,5-7H2,1H3. The molecule has 0 saturated carbocycles. The number of fused-ring (bicyclic) bond motifs is 1. The third-order valence-electron chi connectivity index (χ3n) is 3.39. The number of aryl methyl sites for hydroxylation is 1. The van der Waals surface area contributed by atoms with E-state index in [0.717, 1.165) is 28.3 Å². The summed E-state index contributed by atoms with van der Waals surface area (Å²) in [5.74, 6) is 0.0917. The zero-order chi connectivity index (χ0) is 13.4. The molecule has 0 saturated heterocycles. The van der Waals surface area contributed by atoms with Gasteiger partial charge in [-0.25, -0.2) is 0 Å². The Kier molecular flexibility index (Phi) is 3.03. The molecule has 0 fully saturated rings. The number of aromatic nitrogens is 2. The number of hydrogen-bond donors (Lipinski definition) is 0. The molecule has 1 aromatic heterocycles. The largest absolute Gasteiger partial charge is 0.311 e. The van der Waals surface area contributed by atoms with E-state index in [1.165, 1.54) is 0 Å². The molecule has 0 radical (unpaired) electrons. The van der Waals surface area contributed by atoms with Crippen molar-refractivity contribution in [3.05, 3.63) is 46.7 Å². The van der Waals surface area contributed by atoms with Crippen molar-refractivity contribution in [3.63, 3.8) is 0 Å². The highest BCUT2D eigenvalue weighted by molar-refractivity contribution is 6.32. The Labute approximate surface area is 116 Å². The predicted octanol–water partition coefficient (Wildman–Crippen LogP) is 2.21. The summed E-state index contributed by atoms with van der Waals surface area (Å²) in [5.41, 5.74) is 2.95. The molecule has 98 valence electrons. The van der Waals surface area contributed by atoms with Crippen LogP contribution < -0.4 is 4.90 Å². The van der Waals surface area contributed by atoms with E-state index in [1.54, 1.807) is 10.9 Å². The zero-order valence-electron chi connectivity index (χ0n) is 10.6. The Morgan fingerprint density at radius 1 is 1.47 bits per heavy atom. The Morgan fingerprint density at radius 2 is 2.32 bits per heavy atom. The van der Waals surface area contributed by atoms with Gasteiger partial charge < -0.3 is 4.90 Å². The molecule has 0 spiro atoms. The van der Waals surface area contributed by atoms with Crippen LogP contribution in [0.4, 0.5) is 5.69 Å². The molecule has 19 heavy (non-hydrogen) atoms. The number of carbonyl (C=O) groups excluding carboxylic acids is 1. The van der Waals surface area contributed by atoms with Gasteiger partial charge in [-0.15, -0.1) is 0 Å². The van der Waals surface area contributed by atoms with E-state index in [4.69, 9.17) is 11.6 Å². The molecule has 1 aliphatic heterocycles. The summed E-state index contributed by atoms with van der Waals surface area (Å²) in [6.45, 7) is 0.707. The number of anilines is 1. The Balaban J connectivity index is 1.82. The quantitative estimate of drug-likeness (QED) is 0.843. The van der Waals surface area contributed by atoms with E-state index in [1.807, 2.05) is 36.3 Å². The van der Waals surface area contributed by atoms with Crippen molar-refractivity contribution in [3.8, 4) is 0 Å². The highest BCUT2D eigenvalue weighted by atomic mass is 35.5. The van der Waals surface area contributed by atoms with E-state index >= 15 is 0 Å². The summed E-state index contributed by atoms with van der Waals surface area (Å²) in [6.07, 6.45) is 4.80. The van der Waals surface area contributed by atoms with Gasteiger partial charge in [0.05, 0.1) is 12.6 Å². The van der Waals surface area contributed by atoms with Crippen LogP contribution in [0, 0.1) is 0 Å². The van der Waals surface area contributed by atoms with E-state index in [0.29, 0.717) is 13.0 Å². The Morgan fingerprint density at radius 3 is 3.05 bits per heavy atom. The van der Waals surface area contributed by atoms with E-state index in [9.17, 15) is 4.79 Å². The van der Waals surface area contributed by atoms with Gasteiger partial charge in [0.2, 0.25) is 5.91 Å². The first kappa shape index (κ1) is 12.2. The second-order valence-corrected chi connectivity index (χ2v) is 5.14. The van der Waals surface area contributed by atoms with Gasteiger partial charge in [-0.2, -0.15) is 5.10 Å². The van der Waals surface area contributed by atoms with Gasteiger partial charge in [0.25, 0.3) is 0 Å². The first-order valence-electron chi connectivity index (χ1n) is 6.20. The zero-order valence-corrected chi connectivity index (χ0v) is 11.4. The molecular formula is C14H14ClN3O. The predicted molar refractivity (Wildman–Crippen MR) is 74.4 cm³/mol. The van der Waals surface area contributed by atoms with Crippen molar-refractivity contribution in [1.82, 2.24) is 9.78 Å². The molecule has 0 atom stereocenters. The maximum absolute atomic E-state index is 12.3. The lowest BCUT2D eigenvalue weighted by Crippen LogP contribution is -2.30. The minimum Gasteiger partial charge on any atom is -0.311 e. The maximum Gasteiger partial charge on any atom is 0.231 e. The van der Waals surface area contributed by atoms with Gasteiger partial charge in [-0.3, -0.25) is 9.48 Å². The number of rotatable bonds is 2. The summed E-state index contributed by atoms with van der Waals surface area (Å²) in [7, 11) is 1.85. The lowest BCUT2D eigenvalue weighted by molar-refractivity contribution is -0.117. The number of nitrogens with zero attached hydrogens (tertiary/aromatic N) is 3. The van der Waals surface area contributed by atoms with Crippen molar-refractivity contribution < 1.29 is 4.79 Å². The van der Waals surface area contributed by atoms with Crippen LogP contribution in [0.25, 0.3) is 0 Å². The summed E-state index contributed by atoms with van der Waals surface area (Å²) in [4.78, 5) is 14.2. The fourth-order valence-electron chi connectivity index (χ4n) is 2.48. The second kappa shape index (κ2) is 4.70. The molecule has 0 bridgehead atoms. The topological polar surface area (TPSA) is 38.1 Å². The summed E-state index contributed by atoms with van der Waals surface area (Å²) < 4.78 is 1.71. The first-order chi connectivity index (χ1) is 9.15. The Bertz CT molecular complexity index is 635. The van der Waals surface area contributed by atoms with E-state index in [2.05, 4.69) is 5.10 Å². The Hall–Kier alpha value is -1.81. The SMILES string of the molecule is Cn1cc(CC(=O)N2CCc3c(Cl)cccc32)cn1. The average molecular weight is 276 g/mol. The van der Waals surface area contributed by atoms with Crippen LogP contribution in [0.3, 0.4) is 0 Å². The molecule has 2 aromatic rings. The lowest BCUT2D eigenvalue weighted by Gasteiger charge is -2.17. The summed E-state index contributed by atoms with van der Waals surface area (Å²) in [5, 5.41) is 4.82. The van der Waals surface area contributed by atoms with Gasteiger partial charge in [-0.1, -0.05) is 17.7 Å². The molecule has 5 heteroatoms. The smallest absolute Gasteiger partial charge is 0.231 e. The highest BCUT2D eigenvalue weighted by Crippen LogP contribution is 2.33. The van der Waals surface area contributed by atoms with Crippen molar-refractivity contribution in [1.29, 1.82) is 0 Å². The third kappa shape index (κ3) is 2.24. The van der Waals surface area contributed by atoms with Crippen LogP contribution in [0.2, 0.25) is 5.02 Å². The number of benzene rings is 1. The molecule has 2 heterocycles. The molecular weight excluding hydrogens is 262 g/mol. The molecule has 0 unspecified atom stereocenters. The fraction of sp³-hybridized carbons (Fsp3) is 0.286. The molecule has 1 aliphatic rings. The van der Waals surface area contributed by atoms with Crippen molar-refractivity contribution >= 4 is 23.2 Å². The number of amides is 1. The molecule has 1 amide bonds. The molecule has 3 rings (SSSR count). The van der Waals surface area contributed by atoms with E-state index in [-0.39, 0.29) is 5.91 Å². The third-order valence-corrected chi connectivity index (χ3v) is 3.74. The average Bonchev–Trinajstić information content (AvgIpc) is 2.96. The van der Waals surface area contributed by atoms with E-state index < -0.39 is 0 Å². The molecule has 1 aromatic carbocycles. The van der Waals surface area contributed by atoms with Gasteiger partial charge in [-0.05, 0) is 29.7 Å². The molecule has 0 aliphatic carbocycles. The summed E-state index contributed by atoms with van der Waals surface area (Å²) >= 11 is 6.15. The van der Waals surface area contributed by atoms with Gasteiger partial charge >= 0.3 is 0 Å². The van der Waals surface area contributed by atoms with Crippen LogP contribution in [0.15, 0.2) is 30.6 Å². The maximum atomic E-state index is 12.3. The van der Waals surface area contributed by atoms with Gasteiger partial charge in [0.15, 0.2) is 0 Å². The first-order valence-corrected chi connectivity index (χ1v) is 6.58. The minimum absolute atomic E-state index is 0.0917. The minimum atomic E-state index is 0.0917. The van der Waals surface area contributed by atoms with Crippen molar-refractivity contribution in [2.45, 2.75) is 12.8 Å². The number of halogens is 1. The van der Waals surface area contributed by atoms with Crippen LogP contribution in [0.5, 0.6) is 0 Å². The van der Waals surface area contributed by atoms with Crippen molar-refractivity contribution in [2.24, 2.45) is 7.05 Å². The fourth-order valence-corrected chi connectivity index (χ4v) is 2.75. The summed E-state index contributed by atoms with van der Waals surface area (Å²) in [6, 6.07) is 5.71.